The third kappa shape index (κ3) is 2.66. The molecule has 1 saturated heterocycles. The Balaban J connectivity index is 1.92. The number of carbonyl (C=O) groups is 1. The molecule has 0 bridgehead atoms. The molecule has 0 spiro atoms. The number of aromatic nitrogens is 1. The van der Waals surface area contributed by atoms with E-state index >= 15 is 0 Å². The predicted molar refractivity (Wildman–Crippen MR) is 69.0 cm³/mol. The van der Waals surface area contributed by atoms with Crippen molar-refractivity contribution in [2.24, 2.45) is 0 Å². The van der Waals surface area contributed by atoms with Crippen LogP contribution in [0.5, 0.6) is 0 Å². The maximum atomic E-state index is 12.2. The highest BCUT2D eigenvalue weighted by Crippen LogP contribution is 2.23. The first kappa shape index (κ1) is 12.5. The minimum atomic E-state index is -0.342. The zero-order valence-electron chi connectivity index (χ0n) is 10.4. The quantitative estimate of drug-likeness (QED) is 0.857. The number of nitrogens with one attached hydrogen (secondary N) is 2. The van der Waals surface area contributed by atoms with Crippen molar-refractivity contribution >= 4 is 17.2 Å². The van der Waals surface area contributed by atoms with Gasteiger partial charge in [0.05, 0.1) is 22.8 Å². The van der Waals surface area contributed by atoms with E-state index < -0.39 is 0 Å². The first-order valence-electron chi connectivity index (χ1n) is 6.10. The summed E-state index contributed by atoms with van der Waals surface area (Å²) >= 11 is 1.62. The molecule has 1 aromatic rings. The summed E-state index contributed by atoms with van der Waals surface area (Å²) in [6.45, 7) is 5.51. The lowest BCUT2D eigenvalue weighted by Gasteiger charge is -2.26. The Hall–Kier alpha value is -0.940. The highest BCUT2D eigenvalue weighted by atomic mass is 32.1. The van der Waals surface area contributed by atoms with E-state index in [1.807, 2.05) is 12.3 Å². The number of amides is 1. The van der Waals surface area contributed by atoms with Crippen molar-refractivity contribution in [3.8, 4) is 0 Å². The second-order valence-corrected chi connectivity index (χ2v) is 5.57. The van der Waals surface area contributed by atoms with Crippen LogP contribution in [-0.4, -0.2) is 23.0 Å². The molecule has 5 heteroatoms. The van der Waals surface area contributed by atoms with Gasteiger partial charge in [0.15, 0.2) is 0 Å². The zero-order chi connectivity index (χ0) is 12.3. The van der Waals surface area contributed by atoms with Crippen molar-refractivity contribution in [3.05, 3.63) is 16.1 Å². The molecule has 94 valence electrons. The maximum absolute atomic E-state index is 12.2. The normalized spacial score (nSPS) is 23.9. The summed E-state index contributed by atoms with van der Waals surface area (Å²) in [6.07, 6.45) is 2.86. The van der Waals surface area contributed by atoms with Gasteiger partial charge in [-0.05, 0) is 32.7 Å². The monoisotopic (exact) mass is 253 g/mol. The van der Waals surface area contributed by atoms with E-state index in [-0.39, 0.29) is 11.4 Å². The lowest BCUT2D eigenvalue weighted by Crippen LogP contribution is -2.52. The van der Waals surface area contributed by atoms with Crippen molar-refractivity contribution in [1.82, 2.24) is 15.6 Å². The standard InChI is InChI=1S/C12H19N3OS/c1-3-12(5-4-6-14-12)11(16)13-7-10-8-17-9(2)15-10/h8,14H,3-7H2,1-2H3,(H,13,16). The van der Waals surface area contributed by atoms with Crippen molar-refractivity contribution in [2.45, 2.75) is 45.2 Å². The summed E-state index contributed by atoms with van der Waals surface area (Å²) in [5, 5.41) is 9.36. The Morgan fingerprint density at radius 1 is 1.71 bits per heavy atom. The molecule has 1 fully saturated rings. The van der Waals surface area contributed by atoms with E-state index in [9.17, 15) is 4.79 Å². The molecule has 0 aliphatic carbocycles. The van der Waals surface area contributed by atoms with Crippen LogP contribution >= 0.6 is 11.3 Å². The van der Waals surface area contributed by atoms with Crippen LogP contribution in [-0.2, 0) is 11.3 Å². The van der Waals surface area contributed by atoms with Crippen LogP contribution in [0.3, 0.4) is 0 Å². The molecule has 4 nitrogen and oxygen atoms in total. The average molecular weight is 253 g/mol. The summed E-state index contributed by atoms with van der Waals surface area (Å²) in [5.74, 6) is 0.114. The van der Waals surface area contributed by atoms with Gasteiger partial charge in [0, 0.05) is 5.38 Å². The lowest BCUT2D eigenvalue weighted by molar-refractivity contribution is -0.127. The smallest absolute Gasteiger partial charge is 0.240 e. The second kappa shape index (κ2) is 5.14. The van der Waals surface area contributed by atoms with Crippen LogP contribution in [0.15, 0.2) is 5.38 Å². The molecule has 1 aromatic heterocycles. The first-order chi connectivity index (χ1) is 8.16. The third-order valence-corrected chi connectivity index (χ3v) is 4.20. The molecule has 0 saturated carbocycles. The topological polar surface area (TPSA) is 54.0 Å². The number of carbonyl (C=O) groups excluding carboxylic acids is 1. The molecular weight excluding hydrogens is 234 g/mol. The highest BCUT2D eigenvalue weighted by molar-refractivity contribution is 7.09. The molecule has 17 heavy (non-hydrogen) atoms. The fourth-order valence-corrected chi connectivity index (χ4v) is 2.90. The molecule has 0 aromatic carbocycles. The molecule has 2 N–H and O–H groups in total. The van der Waals surface area contributed by atoms with Gasteiger partial charge in [0.2, 0.25) is 5.91 Å². The molecule has 1 unspecified atom stereocenters. The number of nitrogens with zero attached hydrogens (tertiary/aromatic N) is 1. The fraction of sp³-hybridized carbons (Fsp3) is 0.667. The van der Waals surface area contributed by atoms with E-state index in [1.165, 1.54) is 0 Å². The van der Waals surface area contributed by atoms with Crippen molar-refractivity contribution < 1.29 is 4.79 Å². The van der Waals surface area contributed by atoms with Gasteiger partial charge < -0.3 is 10.6 Å². The fourth-order valence-electron chi connectivity index (χ4n) is 2.29. The number of hydrogen-bond acceptors (Lipinski definition) is 4. The molecule has 2 heterocycles. The van der Waals surface area contributed by atoms with E-state index in [0.717, 1.165) is 36.5 Å². The average Bonchev–Trinajstić information content (AvgIpc) is 2.95. The Morgan fingerprint density at radius 2 is 2.53 bits per heavy atom. The van der Waals surface area contributed by atoms with Gasteiger partial charge in [-0.2, -0.15) is 0 Å². The van der Waals surface area contributed by atoms with Crippen molar-refractivity contribution in [1.29, 1.82) is 0 Å². The first-order valence-corrected chi connectivity index (χ1v) is 6.98. The molecule has 2 rings (SSSR count). The molecule has 1 aliphatic rings. The van der Waals surface area contributed by atoms with E-state index in [4.69, 9.17) is 0 Å². The highest BCUT2D eigenvalue weighted by Gasteiger charge is 2.38. The summed E-state index contributed by atoms with van der Waals surface area (Å²) in [6, 6.07) is 0. The molecule has 1 aliphatic heterocycles. The van der Waals surface area contributed by atoms with Gasteiger partial charge in [-0.1, -0.05) is 6.92 Å². The van der Waals surface area contributed by atoms with Crippen LogP contribution in [0.2, 0.25) is 0 Å². The summed E-state index contributed by atoms with van der Waals surface area (Å²) < 4.78 is 0. The van der Waals surface area contributed by atoms with Gasteiger partial charge in [-0.15, -0.1) is 11.3 Å². The van der Waals surface area contributed by atoms with E-state index in [1.54, 1.807) is 11.3 Å². The number of rotatable bonds is 4. The van der Waals surface area contributed by atoms with Gasteiger partial charge in [0.25, 0.3) is 0 Å². The SMILES string of the molecule is CCC1(C(=O)NCc2csc(C)n2)CCCN1. The van der Waals surface area contributed by atoms with Crippen LogP contribution < -0.4 is 10.6 Å². The van der Waals surface area contributed by atoms with Crippen LogP contribution in [0.1, 0.15) is 36.9 Å². The van der Waals surface area contributed by atoms with Gasteiger partial charge in [0.1, 0.15) is 0 Å². The predicted octanol–water partition coefficient (Wildman–Crippen LogP) is 1.60. The molecular formula is C12H19N3OS. The van der Waals surface area contributed by atoms with Crippen molar-refractivity contribution in [2.75, 3.05) is 6.54 Å². The van der Waals surface area contributed by atoms with Crippen LogP contribution in [0, 0.1) is 6.92 Å². The lowest BCUT2D eigenvalue weighted by atomic mass is 9.93. The minimum absolute atomic E-state index is 0.114. The van der Waals surface area contributed by atoms with E-state index in [0.29, 0.717) is 6.54 Å². The van der Waals surface area contributed by atoms with Crippen LogP contribution in [0.4, 0.5) is 0 Å². The number of hydrogen-bond donors (Lipinski definition) is 2. The largest absolute Gasteiger partial charge is 0.349 e. The minimum Gasteiger partial charge on any atom is -0.349 e. The molecule has 1 amide bonds. The Morgan fingerprint density at radius 3 is 3.06 bits per heavy atom. The summed E-state index contributed by atoms with van der Waals surface area (Å²) in [7, 11) is 0. The van der Waals surface area contributed by atoms with E-state index in [2.05, 4.69) is 22.5 Å². The Labute approximate surface area is 106 Å². The summed E-state index contributed by atoms with van der Waals surface area (Å²) in [5.41, 5.74) is 0.607. The molecule has 0 radical (unpaired) electrons. The Bertz CT molecular complexity index is 396. The number of aryl methyl sites for hydroxylation is 1. The van der Waals surface area contributed by atoms with Gasteiger partial charge in [-0.25, -0.2) is 4.98 Å². The molecule has 1 atom stereocenters. The van der Waals surface area contributed by atoms with Crippen LogP contribution in [0.25, 0.3) is 0 Å². The second-order valence-electron chi connectivity index (χ2n) is 4.51. The van der Waals surface area contributed by atoms with Gasteiger partial charge >= 0.3 is 0 Å². The zero-order valence-corrected chi connectivity index (χ0v) is 11.2. The Kier molecular flexibility index (Phi) is 3.79. The number of thiazole rings is 1. The maximum Gasteiger partial charge on any atom is 0.240 e. The third-order valence-electron chi connectivity index (χ3n) is 3.38. The van der Waals surface area contributed by atoms with Gasteiger partial charge in [-0.3, -0.25) is 4.79 Å². The van der Waals surface area contributed by atoms with Crippen molar-refractivity contribution in [3.63, 3.8) is 0 Å². The summed E-state index contributed by atoms with van der Waals surface area (Å²) in [4.78, 5) is 16.5.